The number of aromatic nitrogens is 1. The molecule has 0 bridgehead atoms. The van der Waals surface area contributed by atoms with Gasteiger partial charge in [0.15, 0.2) is 5.13 Å². The summed E-state index contributed by atoms with van der Waals surface area (Å²) in [6, 6.07) is 6.06. The number of piperidine rings is 1. The van der Waals surface area contributed by atoms with E-state index in [4.69, 9.17) is 0 Å². The molecule has 0 aliphatic carbocycles. The minimum atomic E-state index is -3.53. The zero-order chi connectivity index (χ0) is 18.0. The van der Waals surface area contributed by atoms with Crippen LogP contribution < -0.4 is 5.32 Å². The van der Waals surface area contributed by atoms with Gasteiger partial charge in [0.05, 0.1) is 4.90 Å². The van der Waals surface area contributed by atoms with Gasteiger partial charge in [-0.15, -0.1) is 11.3 Å². The van der Waals surface area contributed by atoms with Crippen molar-refractivity contribution in [3.63, 3.8) is 0 Å². The van der Waals surface area contributed by atoms with E-state index in [2.05, 4.69) is 24.1 Å². The first kappa shape index (κ1) is 18.0. The van der Waals surface area contributed by atoms with Gasteiger partial charge < -0.3 is 0 Å². The Labute approximate surface area is 151 Å². The van der Waals surface area contributed by atoms with Crippen LogP contribution >= 0.6 is 11.3 Å². The first-order valence-electron chi connectivity index (χ1n) is 8.17. The number of sulfonamides is 1. The molecule has 0 unspecified atom stereocenters. The molecule has 3 rings (SSSR count). The fraction of sp³-hybridized carbons (Fsp3) is 0.412. The quantitative estimate of drug-likeness (QED) is 0.885. The Morgan fingerprint density at radius 1 is 1.20 bits per heavy atom. The van der Waals surface area contributed by atoms with Crippen LogP contribution in [0, 0.1) is 11.8 Å². The van der Waals surface area contributed by atoms with E-state index in [0.717, 1.165) is 6.42 Å². The van der Waals surface area contributed by atoms with Crippen molar-refractivity contribution in [2.75, 3.05) is 18.4 Å². The van der Waals surface area contributed by atoms with Gasteiger partial charge in [-0.25, -0.2) is 13.4 Å². The number of benzene rings is 1. The summed E-state index contributed by atoms with van der Waals surface area (Å²) >= 11 is 1.33. The van der Waals surface area contributed by atoms with E-state index in [0.29, 0.717) is 35.6 Å². The Bertz CT molecular complexity index is 823. The summed E-state index contributed by atoms with van der Waals surface area (Å²) in [6.45, 7) is 5.23. The molecule has 1 aliphatic heterocycles. The predicted octanol–water partition coefficient (Wildman–Crippen LogP) is 3.06. The molecule has 0 spiro atoms. The van der Waals surface area contributed by atoms with Crippen LogP contribution in [0.15, 0.2) is 40.7 Å². The Hall–Kier alpha value is -1.77. The Morgan fingerprint density at radius 3 is 2.40 bits per heavy atom. The van der Waals surface area contributed by atoms with E-state index in [9.17, 15) is 13.2 Å². The van der Waals surface area contributed by atoms with Gasteiger partial charge in [-0.3, -0.25) is 10.1 Å². The number of amides is 1. The summed E-state index contributed by atoms with van der Waals surface area (Å²) in [5.74, 6) is 0.392. The van der Waals surface area contributed by atoms with Gasteiger partial charge in [0.1, 0.15) is 0 Å². The lowest BCUT2D eigenvalue weighted by Gasteiger charge is -2.34. The largest absolute Gasteiger partial charge is 0.298 e. The van der Waals surface area contributed by atoms with Crippen molar-refractivity contribution in [2.24, 2.45) is 11.8 Å². The SMILES string of the molecule is C[C@@H]1C[C@H](C)CN(S(=O)(=O)c2ccc(C(=O)Nc3nccs3)cc2)C1. The first-order chi connectivity index (χ1) is 11.9. The molecule has 1 fully saturated rings. The monoisotopic (exact) mass is 379 g/mol. The number of carbonyl (C=O) groups excluding carboxylic acids is 1. The maximum absolute atomic E-state index is 12.8. The van der Waals surface area contributed by atoms with E-state index in [1.165, 1.54) is 35.6 Å². The summed E-state index contributed by atoms with van der Waals surface area (Å²) < 4.78 is 27.2. The normalized spacial score (nSPS) is 21.8. The van der Waals surface area contributed by atoms with Crippen molar-refractivity contribution < 1.29 is 13.2 Å². The molecule has 2 heterocycles. The molecule has 2 atom stereocenters. The number of thiazole rings is 1. The summed E-state index contributed by atoms with van der Waals surface area (Å²) in [6.07, 6.45) is 2.65. The third-order valence-corrected chi connectivity index (χ3v) is 6.78. The molecule has 1 amide bonds. The van der Waals surface area contributed by atoms with Crippen molar-refractivity contribution in [1.82, 2.24) is 9.29 Å². The van der Waals surface area contributed by atoms with Crippen LogP contribution in [-0.4, -0.2) is 36.7 Å². The van der Waals surface area contributed by atoms with Gasteiger partial charge in [0, 0.05) is 30.2 Å². The highest BCUT2D eigenvalue weighted by Gasteiger charge is 2.31. The number of hydrogen-bond donors (Lipinski definition) is 1. The van der Waals surface area contributed by atoms with Crippen molar-refractivity contribution in [3.05, 3.63) is 41.4 Å². The van der Waals surface area contributed by atoms with E-state index < -0.39 is 10.0 Å². The maximum Gasteiger partial charge on any atom is 0.257 e. The third kappa shape index (κ3) is 4.08. The second-order valence-electron chi connectivity index (χ2n) is 6.58. The molecule has 25 heavy (non-hydrogen) atoms. The third-order valence-electron chi connectivity index (χ3n) is 4.24. The molecule has 8 heteroatoms. The van der Waals surface area contributed by atoms with Crippen LogP contribution in [-0.2, 0) is 10.0 Å². The Morgan fingerprint density at radius 2 is 1.84 bits per heavy atom. The fourth-order valence-electron chi connectivity index (χ4n) is 3.18. The average molecular weight is 380 g/mol. The van der Waals surface area contributed by atoms with Gasteiger partial charge in [-0.2, -0.15) is 4.31 Å². The Kier molecular flexibility index (Phi) is 5.21. The van der Waals surface area contributed by atoms with Crippen LogP contribution in [0.25, 0.3) is 0 Å². The van der Waals surface area contributed by atoms with E-state index in [1.54, 1.807) is 15.9 Å². The van der Waals surface area contributed by atoms with Crippen molar-refractivity contribution in [2.45, 2.75) is 25.2 Å². The molecule has 134 valence electrons. The lowest BCUT2D eigenvalue weighted by molar-refractivity contribution is 0.102. The Balaban J connectivity index is 1.76. The number of carbonyl (C=O) groups is 1. The molecule has 1 aromatic heterocycles. The maximum atomic E-state index is 12.8. The van der Waals surface area contributed by atoms with Crippen molar-refractivity contribution in [1.29, 1.82) is 0 Å². The molecule has 0 radical (unpaired) electrons. The van der Waals surface area contributed by atoms with Crippen LogP contribution in [0.3, 0.4) is 0 Å². The topological polar surface area (TPSA) is 79.4 Å². The van der Waals surface area contributed by atoms with Crippen molar-refractivity contribution >= 4 is 32.4 Å². The van der Waals surface area contributed by atoms with Crippen LogP contribution in [0.5, 0.6) is 0 Å². The highest BCUT2D eigenvalue weighted by Crippen LogP contribution is 2.26. The molecule has 1 aliphatic rings. The molecular weight excluding hydrogens is 358 g/mol. The zero-order valence-corrected chi connectivity index (χ0v) is 15.8. The lowest BCUT2D eigenvalue weighted by atomic mass is 9.94. The van der Waals surface area contributed by atoms with Gasteiger partial charge in [0.25, 0.3) is 5.91 Å². The average Bonchev–Trinajstić information content (AvgIpc) is 3.07. The molecule has 1 aromatic carbocycles. The summed E-state index contributed by atoms with van der Waals surface area (Å²) in [7, 11) is -3.53. The summed E-state index contributed by atoms with van der Waals surface area (Å²) in [5, 5.41) is 4.96. The highest BCUT2D eigenvalue weighted by molar-refractivity contribution is 7.89. The minimum absolute atomic E-state index is 0.222. The van der Waals surface area contributed by atoms with E-state index in [-0.39, 0.29) is 10.8 Å². The lowest BCUT2D eigenvalue weighted by Crippen LogP contribution is -2.42. The molecular formula is C17H21N3O3S2. The van der Waals surface area contributed by atoms with Crippen LogP contribution in [0.2, 0.25) is 0 Å². The van der Waals surface area contributed by atoms with E-state index in [1.807, 2.05) is 0 Å². The van der Waals surface area contributed by atoms with Crippen LogP contribution in [0.4, 0.5) is 5.13 Å². The minimum Gasteiger partial charge on any atom is -0.298 e. The zero-order valence-electron chi connectivity index (χ0n) is 14.2. The smallest absolute Gasteiger partial charge is 0.257 e. The fourth-order valence-corrected chi connectivity index (χ4v) is 5.39. The number of anilines is 1. The van der Waals surface area contributed by atoms with Gasteiger partial charge in [-0.1, -0.05) is 13.8 Å². The highest BCUT2D eigenvalue weighted by atomic mass is 32.2. The number of nitrogens with one attached hydrogen (secondary N) is 1. The van der Waals surface area contributed by atoms with Crippen molar-refractivity contribution in [3.8, 4) is 0 Å². The second kappa shape index (κ2) is 7.23. The molecule has 1 N–H and O–H groups in total. The van der Waals surface area contributed by atoms with Gasteiger partial charge >= 0.3 is 0 Å². The van der Waals surface area contributed by atoms with E-state index >= 15 is 0 Å². The number of hydrogen-bond acceptors (Lipinski definition) is 5. The van der Waals surface area contributed by atoms with Gasteiger partial charge in [0.2, 0.25) is 10.0 Å². The van der Waals surface area contributed by atoms with Gasteiger partial charge in [-0.05, 0) is 42.5 Å². The standard InChI is InChI=1S/C17H21N3O3S2/c1-12-9-13(2)11-20(10-12)25(22,23)15-5-3-14(4-6-15)16(21)19-17-18-7-8-24-17/h3-8,12-13H,9-11H2,1-2H3,(H,18,19,21)/t12-,13+. The first-order valence-corrected chi connectivity index (χ1v) is 10.5. The molecule has 1 saturated heterocycles. The summed E-state index contributed by atoms with van der Waals surface area (Å²) in [4.78, 5) is 16.4. The second-order valence-corrected chi connectivity index (χ2v) is 9.42. The molecule has 0 saturated carbocycles. The van der Waals surface area contributed by atoms with Crippen LogP contribution in [0.1, 0.15) is 30.6 Å². The number of nitrogens with zero attached hydrogens (tertiary/aromatic N) is 2. The molecule has 6 nitrogen and oxygen atoms in total. The predicted molar refractivity (Wildman–Crippen MR) is 98.2 cm³/mol. The molecule has 2 aromatic rings. The summed E-state index contributed by atoms with van der Waals surface area (Å²) in [5.41, 5.74) is 0.398. The number of rotatable bonds is 4.